The molecule has 106 valence electrons. The van der Waals surface area contributed by atoms with Crippen molar-refractivity contribution in [1.29, 1.82) is 0 Å². The highest BCUT2D eigenvalue weighted by atomic mass is 19.1. The van der Waals surface area contributed by atoms with Crippen molar-refractivity contribution in [2.45, 2.75) is 40.2 Å². The van der Waals surface area contributed by atoms with Gasteiger partial charge in [-0.15, -0.1) is 0 Å². The molecule has 0 heterocycles. The van der Waals surface area contributed by atoms with Crippen LogP contribution in [0.1, 0.15) is 43.1 Å². The Balaban J connectivity index is 2.91. The Morgan fingerprint density at radius 3 is 2.58 bits per heavy atom. The van der Waals surface area contributed by atoms with Crippen molar-refractivity contribution in [3.8, 4) is 0 Å². The number of carbonyl (C=O) groups excluding carboxylic acids is 1. The second kappa shape index (κ2) is 6.15. The molecule has 0 spiro atoms. The number of amides is 1. The molecule has 0 bridgehead atoms. The Hall–Kier alpha value is -1.42. The summed E-state index contributed by atoms with van der Waals surface area (Å²) in [6.45, 7) is 7.71. The summed E-state index contributed by atoms with van der Waals surface area (Å²) >= 11 is 0. The zero-order valence-electron chi connectivity index (χ0n) is 12.0. The molecule has 0 aromatic heterocycles. The number of aliphatic hydroxyl groups excluding tert-OH is 1. The van der Waals surface area contributed by atoms with Gasteiger partial charge in [0, 0.05) is 12.6 Å². The van der Waals surface area contributed by atoms with E-state index in [1.807, 2.05) is 27.7 Å². The van der Waals surface area contributed by atoms with Crippen molar-refractivity contribution in [2.75, 3.05) is 6.61 Å². The van der Waals surface area contributed by atoms with E-state index in [1.54, 1.807) is 6.07 Å². The molecular formula is C15H22FNO2. The van der Waals surface area contributed by atoms with E-state index in [1.165, 1.54) is 12.1 Å². The number of aryl methyl sites for hydroxylation is 1. The standard InChI is InChI=1S/C15H22FNO2/c1-10-5-6-12(16)11(9-10)14(19)17-13(7-8-18)15(2,3)4/h5-6,9,13,18H,7-8H2,1-4H3,(H,17,19). The van der Waals surface area contributed by atoms with Crippen LogP contribution >= 0.6 is 0 Å². The van der Waals surface area contributed by atoms with Gasteiger partial charge < -0.3 is 10.4 Å². The highest BCUT2D eigenvalue weighted by Crippen LogP contribution is 2.22. The normalized spacial score (nSPS) is 13.2. The Morgan fingerprint density at radius 1 is 1.42 bits per heavy atom. The SMILES string of the molecule is Cc1ccc(F)c(C(=O)NC(CCO)C(C)(C)C)c1. The average molecular weight is 267 g/mol. The first-order chi connectivity index (χ1) is 8.75. The van der Waals surface area contributed by atoms with Gasteiger partial charge in [-0.3, -0.25) is 4.79 Å². The fraction of sp³-hybridized carbons (Fsp3) is 0.533. The summed E-state index contributed by atoms with van der Waals surface area (Å²) in [5.41, 5.74) is 0.687. The van der Waals surface area contributed by atoms with Crippen molar-refractivity contribution in [2.24, 2.45) is 5.41 Å². The van der Waals surface area contributed by atoms with Crippen LogP contribution in [0.15, 0.2) is 18.2 Å². The van der Waals surface area contributed by atoms with Gasteiger partial charge in [0.25, 0.3) is 5.91 Å². The monoisotopic (exact) mass is 267 g/mol. The summed E-state index contributed by atoms with van der Waals surface area (Å²) in [5, 5.41) is 11.9. The molecule has 1 unspecified atom stereocenters. The van der Waals surface area contributed by atoms with Crippen molar-refractivity contribution in [3.63, 3.8) is 0 Å². The molecule has 0 fully saturated rings. The van der Waals surface area contributed by atoms with Crippen molar-refractivity contribution >= 4 is 5.91 Å². The molecule has 0 aliphatic heterocycles. The number of nitrogens with one attached hydrogen (secondary N) is 1. The van der Waals surface area contributed by atoms with E-state index >= 15 is 0 Å². The zero-order chi connectivity index (χ0) is 14.6. The van der Waals surface area contributed by atoms with Gasteiger partial charge in [-0.05, 0) is 30.9 Å². The van der Waals surface area contributed by atoms with E-state index < -0.39 is 11.7 Å². The van der Waals surface area contributed by atoms with Crippen molar-refractivity contribution in [3.05, 3.63) is 35.1 Å². The van der Waals surface area contributed by atoms with Crippen LogP contribution in [0.2, 0.25) is 0 Å². The Bertz CT molecular complexity index is 452. The lowest BCUT2D eigenvalue weighted by molar-refractivity contribution is 0.0881. The van der Waals surface area contributed by atoms with Gasteiger partial charge in [0.2, 0.25) is 0 Å². The zero-order valence-corrected chi connectivity index (χ0v) is 12.0. The number of rotatable bonds is 4. The van der Waals surface area contributed by atoms with E-state index in [0.717, 1.165) is 5.56 Å². The van der Waals surface area contributed by atoms with Crippen molar-refractivity contribution < 1.29 is 14.3 Å². The first-order valence-corrected chi connectivity index (χ1v) is 6.43. The van der Waals surface area contributed by atoms with E-state index in [4.69, 9.17) is 5.11 Å². The average Bonchev–Trinajstić information content (AvgIpc) is 2.30. The lowest BCUT2D eigenvalue weighted by Crippen LogP contribution is -2.44. The summed E-state index contributed by atoms with van der Waals surface area (Å²) in [7, 11) is 0. The fourth-order valence-corrected chi connectivity index (χ4v) is 1.90. The van der Waals surface area contributed by atoms with Gasteiger partial charge in [0.05, 0.1) is 5.56 Å². The Kier molecular flexibility index (Phi) is 5.06. The summed E-state index contributed by atoms with van der Waals surface area (Å²) in [4.78, 5) is 12.1. The van der Waals surface area contributed by atoms with Crippen LogP contribution in [0.3, 0.4) is 0 Å². The highest BCUT2D eigenvalue weighted by molar-refractivity contribution is 5.94. The quantitative estimate of drug-likeness (QED) is 0.881. The molecule has 2 N–H and O–H groups in total. The smallest absolute Gasteiger partial charge is 0.254 e. The van der Waals surface area contributed by atoms with Gasteiger partial charge in [-0.1, -0.05) is 32.4 Å². The molecule has 1 amide bonds. The first kappa shape index (κ1) is 15.6. The lowest BCUT2D eigenvalue weighted by Gasteiger charge is -2.31. The minimum Gasteiger partial charge on any atom is -0.396 e. The predicted octanol–water partition coefficient (Wildman–Crippen LogP) is 2.66. The molecule has 0 saturated carbocycles. The maximum Gasteiger partial charge on any atom is 0.254 e. The number of carbonyl (C=O) groups is 1. The summed E-state index contributed by atoms with van der Waals surface area (Å²) in [6, 6.07) is 4.25. The van der Waals surface area contributed by atoms with Crippen LogP contribution in [-0.2, 0) is 0 Å². The molecule has 0 aliphatic rings. The van der Waals surface area contributed by atoms with E-state index in [2.05, 4.69) is 5.32 Å². The number of hydrogen-bond donors (Lipinski definition) is 2. The largest absolute Gasteiger partial charge is 0.396 e. The summed E-state index contributed by atoms with van der Waals surface area (Å²) in [6.07, 6.45) is 0.447. The topological polar surface area (TPSA) is 49.3 Å². The molecular weight excluding hydrogens is 245 g/mol. The number of aliphatic hydroxyl groups is 1. The minimum absolute atomic E-state index is 0.0154. The third-order valence-corrected chi connectivity index (χ3v) is 3.13. The molecule has 1 aromatic carbocycles. The molecule has 1 atom stereocenters. The van der Waals surface area contributed by atoms with E-state index in [0.29, 0.717) is 6.42 Å². The summed E-state index contributed by atoms with van der Waals surface area (Å²) in [5.74, 6) is -0.964. The van der Waals surface area contributed by atoms with E-state index in [-0.39, 0.29) is 23.6 Å². The minimum atomic E-state index is -0.528. The van der Waals surface area contributed by atoms with Gasteiger partial charge >= 0.3 is 0 Å². The maximum atomic E-state index is 13.6. The number of halogens is 1. The molecule has 1 rings (SSSR count). The summed E-state index contributed by atoms with van der Waals surface area (Å²) < 4.78 is 13.6. The maximum absolute atomic E-state index is 13.6. The van der Waals surface area contributed by atoms with Crippen LogP contribution < -0.4 is 5.32 Å². The van der Waals surface area contributed by atoms with Gasteiger partial charge in [-0.2, -0.15) is 0 Å². The number of hydrogen-bond acceptors (Lipinski definition) is 2. The van der Waals surface area contributed by atoms with Crippen LogP contribution in [0, 0.1) is 18.2 Å². The molecule has 1 aromatic rings. The molecule has 0 aliphatic carbocycles. The third-order valence-electron chi connectivity index (χ3n) is 3.13. The predicted molar refractivity (Wildman–Crippen MR) is 73.5 cm³/mol. The van der Waals surface area contributed by atoms with Gasteiger partial charge in [-0.25, -0.2) is 4.39 Å². The highest BCUT2D eigenvalue weighted by Gasteiger charge is 2.26. The van der Waals surface area contributed by atoms with Gasteiger partial charge in [0.15, 0.2) is 0 Å². The van der Waals surface area contributed by atoms with Gasteiger partial charge in [0.1, 0.15) is 5.82 Å². The number of benzene rings is 1. The van der Waals surface area contributed by atoms with Crippen LogP contribution in [0.25, 0.3) is 0 Å². The molecule has 0 saturated heterocycles. The fourth-order valence-electron chi connectivity index (χ4n) is 1.90. The second-order valence-corrected chi connectivity index (χ2v) is 5.89. The first-order valence-electron chi connectivity index (χ1n) is 6.43. The third kappa shape index (κ3) is 4.31. The van der Waals surface area contributed by atoms with Crippen LogP contribution in [0.5, 0.6) is 0 Å². The van der Waals surface area contributed by atoms with Crippen LogP contribution in [0.4, 0.5) is 4.39 Å². The second-order valence-electron chi connectivity index (χ2n) is 5.89. The molecule has 0 radical (unpaired) electrons. The molecule has 3 nitrogen and oxygen atoms in total. The van der Waals surface area contributed by atoms with Crippen LogP contribution in [-0.4, -0.2) is 23.7 Å². The lowest BCUT2D eigenvalue weighted by atomic mass is 9.84. The Morgan fingerprint density at radius 2 is 2.05 bits per heavy atom. The van der Waals surface area contributed by atoms with E-state index in [9.17, 15) is 9.18 Å². The Labute approximate surface area is 113 Å². The molecule has 4 heteroatoms. The van der Waals surface area contributed by atoms with Crippen molar-refractivity contribution in [1.82, 2.24) is 5.32 Å². The molecule has 19 heavy (non-hydrogen) atoms.